The number of benzene rings is 2. The first kappa shape index (κ1) is 21.4. The third-order valence-corrected chi connectivity index (χ3v) is 5.54. The minimum atomic E-state index is -2.86. The second kappa shape index (κ2) is 8.70. The average molecular weight is 430 g/mol. The summed E-state index contributed by atoms with van der Waals surface area (Å²) in [7, 11) is 0. The highest BCUT2D eigenvalue weighted by Gasteiger charge is 2.23. The van der Waals surface area contributed by atoms with Crippen molar-refractivity contribution in [1.29, 1.82) is 0 Å². The van der Waals surface area contributed by atoms with E-state index in [2.05, 4.69) is 20.4 Å². The third-order valence-electron chi connectivity index (χ3n) is 5.54. The summed E-state index contributed by atoms with van der Waals surface area (Å²) in [5.74, 6) is -0.888. The molecule has 0 spiro atoms. The Morgan fingerprint density at radius 1 is 1.10 bits per heavy atom. The van der Waals surface area contributed by atoms with Crippen LogP contribution in [0.4, 0.5) is 24.5 Å². The highest BCUT2D eigenvalue weighted by Crippen LogP contribution is 2.32. The number of rotatable bonds is 5. The zero-order chi connectivity index (χ0) is 22.1. The van der Waals surface area contributed by atoms with E-state index in [1.54, 1.807) is 13.1 Å². The van der Waals surface area contributed by atoms with Gasteiger partial charge in [-0.3, -0.25) is 0 Å². The van der Waals surface area contributed by atoms with Crippen LogP contribution in [0.25, 0.3) is 10.9 Å². The lowest BCUT2D eigenvalue weighted by atomic mass is 10.0. The van der Waals surface area contributed by atoms with Crippen LogP contribution in [-0.4, -0.2) is 35.5 Å². The molecule has 0 saturated carbocycles. The quantitative estimate of drug-likeness (QED) is 0.580. The zero-order valence-electron chi connectivity index (χ0n) is 17.6. The summed E-state index contributed by atoms with van der Waals surface area (Å²) >= 11 is 0. The van der Waals surface area contributed by atoms with Crippen LogP contribution in [0.1, 0.15) is 44.4 Å². The highest BCUT2D eigenvalue weighted by atomic mass is 19.3. The van der Waals surface area contributed by atoms with Gasteiger partial charge in [0.2, 0.25) is 0 Å². The summed E-state index contributed by atoms with van der Waals surface area (Å²) in [5, 5.41) is 12.3. The van der Waals surface area contributed by atoms with Crippen molar-refractivity contribution in [2.24, 2.45) is 0 Å². The molecule has 1 saturated heterocycles. The van der Waals surface area contributed by atoms with Gasteiger partial charge in [0.05, 0.1) is 41.2 Å². The minimum absolute atomic E-state index is 0.123. The van der Waals surface area contributed by atoms with Gasteiger partial charge in [-0.15, -0.1) is 0 Å². The van der Waals surface area contributed by atoms with Crippen molar-refractivity contribution >= 4 is 22.3 Å². The standard InChI is InChI=1S/C23H25F3N4O/c1-13-11-30(12-14(2)31-13)16-7-8-20-19(9-16)21(10-27-29-20)28-15(3)17-5-4-6-18(22(17)24)23(25)26/h4-10,13-15,23H,11-12H2,1-3H3,(H,28,29)/t13-,14+,15-/m1/s1. The molecule has 2 heterocycles. The summed E-state index contributed by atoms with van der Waals surface area (Å²) in [5.41, 5.74) is 1.97. The predicted molar refractivity (Wildman–Crippen MR) is 115 cm³/mol. The van der Waals surface area contributed by atoms with Crippen molar-refractivity contribution in [3.63, 3.8) is 0 Å². The Morgan fingerprint density at radius 3 is 2.52 bits per heavy atom. The molecule has 5 nitrogen and oxygen atoms in total. The molecule has 31 heavy (non-hydrogen) atoms. The Balaban J connectivity index is 1.66. The lowest BCUT2D eigenvalue weighted by Gasteiger charge is -2.37. The van der Waals surface area contributed by atoms with Gasteiger partial charge in [-0.1, -0.05) is 18.2 Å². The molecule has 0 radical (unpaired) electrons. The molecule has 0 unspecified atom stereocenters. The second-order valence-electron chi connectivity index (χ2n) is 8.04. The van der Waals surface area contributed by atoms with E-state index in [4.69, 9.17) is 4.74 Å². The molecule has 8 heteroatoms. The van der Waals surface area contributed by atoms with Crippen LogP contribution in [0, 0.1) is 5.82 Å². The van der Waals surface area contributed by atoms with Crippen LogP contribution in [0.2, 0.25) is 0 Å². The molecule has 4 rings (SSSR count). The third kappa shape index (κ3) is 4.44. The largest absolute Gasteiger partial charge is 0.377 e. The number of ether oxygens (including phenoxy) is 1. The SMILES string of the molecule is C[C@@H]1CN(c2ccc3nncc(N[C@H](C)c4cccc(C(F)F)c4F)c3c2)C[C@H](C)O1. The van der Waals surface area contributed by atoms with E-state index in [1.165, 1.54) is 12.1 Å². The number of nitrogens with one attached hydrogen (secondary N) is 1. The first-order chi connectivity index (χ1) is 14.8. The van der Waals surface area contributed by atoms with Gasteiger partial charge in [-0.2, -0.15) is 10.2 Å². The fraction of sp³-hybridized carbons (Fsp3) is 0.391. The van der Waals surface area contributed by atoms with Gasteiger partial charge in [0.25, 0.3) is 6.43 Å². The lowest BCUT2D eigenvalue weighted by molar-refractivity contribution is -0.00521. The van der Waals surface area contributed by atoms with Crippen molar-refractivity contribution in [3.05, 3.63) is 59.5 Å². The molecular weight excluding hydrogens is 405 g/mol. The van der Waals surface area contributed by atoms with Crippen molar-refractivity contribution in [3.8, 4) is 0 Å². The number of aromatic nitrogens is 2. The number of fused-ring (bicyclic) bond motifs is 1. The van der Waals surface area contributed by atoms with Gasteiger partial charge < -0.3 is 15.0 Å². The molecule has 0 bridgehead atoms. The van der Waals surface area contributed by atoms with Crippen molar-refractivity contribution in [2.75, 3.05) is 23.3 Å². The van der Waals surface area contributed by atoms with Gasteiger partial charge in [0, 0.05) is 29.7 Å². The summed E-state index contributed by atoms with van der Waals surface area (Å²) in [6, 6.07) is 9.44. The molecule has 0 aliphatic carbocycles. The first-order valence-corrected chi connectivity index (χ1v) is 10.3. The number of hydrogen-bond donors (Lipinski definition) is 1. The molecule has 1 aliphatic heterocycles. The summed E-state index contributed by atoms with van der Waals surface area (Å²) < 4.78 is 46.6. The zero-order valence-corrected chi connectivity index (χ0v) is 17.6. The maximum atomic E-state index is 14.6. The van der Waals surface area contributed by atoms with E-state index in [0.717, 1.165) is 30.2 Å². The average Bonchev–Trinajstić information content (AvgIpc) is 2.73. The van der Waals surface area contributed by atoms with Gasteiger partial charge >= 0.3 is 0 Å². The number of hydrogen-bond acceptors (Lipinski definition) is 5. The Morgan fingerprint density at radius 2 is 1.81 bits per heavy atom. The second-order valence-corrected chi connectivity index (χ2v) is 8.04. The Bertz CT molecular complexity index is 1070. The van der Waals surface area contributed by atoms with E-state index in [9.17, 15) is 13.2 Å². The molecule has 2 aromatic carbocycles. The molecule has 1 aliphatic rings. The van der Waals surface area contributed by atoms with Crippen LogP contribution in [0.5, 0.6) is 0 Å². The summed E-state index contributed by atoms with van der Waals surface area (Å²) in [4.78, 5) is 2.26. The fourth-order valence-corrected chi connectivity index (χ4v) is 4.13. The van der Waals surface area contributed by atoms with E-state index < -0.39 is 23.8 Å². The topological polar surface area (TPSA) is 50.3 Å². The Kier molecular flexibility index (Phi) is 6.00. The number of morpholine rings is 1. The minimum Gasteiger partial charge on any atom is -0.377 e. The molecule has 164 valence electrons. The highest BCUT2D eigenvalue weighted by molar-refractivity contribution is 5.93. The smallest absolute Gasteiger partial charge is 0.266 e. The van der Waals surface area contributed by atoms with Gasteiger partial charge in [0.15, 0.2) is 0 Å². The normalized spacial score (nSPS) is 20.3. The van der Waals surface area contributed by atoms with E-state index in [-0.39, 0.29) is 17.8 Å². The number of halogens is 3. The maximum absolute atomic E-state index is 14.6. The van der Waals surface area contributed by atoms with Crippen LogP contribution < -0.4 is 10.2 Å². The molecule has 1 aromatic heterocycles. The monoisotopic (exact) mass is 430 g/mol. The van der Waals surface area contributed by atoms with E-state index in [1.807, 2.05) is 32.0 Å². The maximum Gasteiger partial charge on any atom is 0.266 e. The van der Waals surface area contributed by atoms with Crippen molar-refractivity contribution < 1.29 is 17.9 Å². The summed E-state index contributed by atoms with van der Waals surface area (Å²) in [6.45, 7) is 7.38. The number of alkyl halides is 2. The van der Waals surface area contributed by atoms with Crippen molar-refractivity contribution in [1.82, 2.24) is 10.2 Å². The van der Waals surface area contributed by atoms with Crippen LogP contribution in [-0.2, 0) is 4.74 Å². The molecule has 1 fully saturated rings. The van der Waals surface area contributed by atoms with Gasteiger partial charge in [0.1, 0.15) is 5.82 Å². The molecular formula is C23H25F3N4O. The van der Waals surface area contributed by atoms with Crippen LogP contribution in [0.3, 0.4) is 0 Å². The van der Waals surface area contributed by atoms with E-state index >= 15 is 0 Å². The predicted octanol–water partition coefficient (Wildman–Crippen LogP) is 5.49. The van der Waals surface area contributed by atoms with Gasteiger partial charge in [-0.05, 0) is 39.0 Å². The van der Waals surface area contributed by atoms with Gasteiger partial charge in [-0.25, -0.2) is 13.2 Å². The lowest BCUT2D eigenvalue weighted by Crippen LogP contribution is -2.45. The van der Waals surface area contributed by atoms with Crippen LogP contribution >= 0.6 is 0 Å². The first-order valence-electron chi connectivity index (χ1n) is 10.3. The molecule has 3 atom stereocenters. The van der Waals surface area contributed by atoms with Crippen molar-refractivity contribution in [2.45, 2.75) is 45.4 Å². The number of nitrogens with zero attached hydrogens (tertiary/aromatic N) is 3. The summed E-state index contributed by atoms with van der Waals surface area (Å²) in [6.07, 6.45) is -1.05. The fourth-order valence-electron chi connectivity index (χ4n) is 4.13. The Hall–Kier alpha value is -2.87. The Labute approximate surface area is 179 Å². The van der Waals surface area contributed by atoms with E-state index in [0.29, 0.717) is 11.2 Å². The number of anilines is 2. The van der Waals surface area contributed by atoms with Crippen LogP contribution in [0.15, 0.2) is 42.6 Å². The molecule has 3 aromatic rings. The molecule has 1 N–H and O–H groups in total. The molecule has 0 amide bonds.